The Morgan fingerprint density at radius 1 is 1.36 bits per heavy atom. The molecule has 1 aliphatic carbocycles. The average Bonchev–Trinajstić information content (AvgIpc) is 2.19. The van der Waals surface area contributed by atoms with Crippen molar-refractivity contribution in [2.24, 2.45) is 11.1 Å². The minimum Gasteiger partial charge on any atom is -0.375 e. The van der Waals surface area contributed by atoms with Crippen molar-refractivity contribution in [2.75, 3.05) is 0 Å². The molecule has 0 aromatic heterocycles. The number of rotatable bonds is 5. The Balaban J connectivity index is 2.55. The Morgan fingerprint density at radius 2 is 1.93 bits per heavy atom. The van der Waals surface area contributed by atoms with Gasteiger partial charge in [-0.25, -0.2) is 0 Å². The Hall–Kier alpha value is -0.0800. The largest absolute Gasteiger partial charge is 0.375 e. The molecule has 3 unspecified atom stereocenters. The van der Waals surface area contributed by atoms with Gasteiger partial charge in [0.2, 0.25) is 0 Å². The first-order valence-corrected chi connectivity index (χ1v) is 6.01. The molecule has 0 amide bonds. The highest BCUT2D eigenvalue weighted by Gasteiger charge is 2.51. The third-order valence-electron chi connectivity index (χ3n) is 4.14. The molecule has 3 atom stereocenters. The van der Waals surface area contributed by atoms with E-state index in [2.05, 4.69) is 27.7 Å². The van der Waals surface area contributed by atoms with Gasteiger partial charge in [-0.05, 0) is 32.6 Å². The fraction of sp³-hybridized carbons (Fsp3) is 1.00. The lowest BCUT2D eigenvalue weighted by atomic mass is 9.59. The molecule has 0 heterocycles. The van der Waals surface area contributed by atoms with Crippen LogP contribution in [0.15, 0.2) is 0 Å². The molecule has 0 radical (unpaired) electrons. The fourth-order valence-electron chi connectivity index (χ4n) is 2.58. The third kappa shape index (κ3) is 1.82. The average molecular weight is 199 g/mol. The van der Waals surface area contributed by atoms with Gasteiger partial charge in [-0.1, -0.05) is 20.8 Å². The van der Waals surface area contributed by atoms with Gasteiger partial charge in [0.25, 0.3) is 0 Å². The van der Waals surface area contributed by atoms with E-state index in [-0.39, 0.29) is 5.41 Å². The molecule has 2 nitrogen and oxygen atoms in total. The summed E-state index contributed by atoms with van der Waals surface area (Å²) in [5.41, 5.74) is 6.37. The van der Waals surface area contributed by atoms with Crippen molar-refractivity contribution in [3.05, 3.63) is 0 Å². The topological polar surface area (TPSA) is 35.2 Å². The molecule has 1 rings (SSSR count). The molecule has 2 heteroatoms. The van der Waals surface area contributed by atoms with Gasteiger partial charge in [0.05, 0.1) is 12.2 Å². The van der Waals surface area contributed by atoms with Gasteiger partial charge >= 0.3 is 0 Å². The van der Waals surface area contributed by atoms with E-state index >= 15 is 0 Å². The fourth-order valence-corrected chi connectivity index (χ4v) is 2.58. The highest BCUT2D eigenvalue weighted by molar-refractivity contribution is 5.05. The molecular formula is C12H25NO. The van der Waals surface area contributed by atoms with Gasteiger partial charge in [-0.3, -0.25) is 0 Å². The predicted molar refractivity (Wildman–Crippen MR) is 60.2 cm³/mol. The summed E-state index contributed by atoms with van der Waals surface area (Å²) in [4.78, 5) is 0. The van der Waals surface area contributed by atoms with Crippen LogP contribution in [-0.4, -0.2) is 18.2 Å². The van der Waals surface area contributed by atoms with Crippen molar-refractivity contribution >= 4 is 0 Å². The maximum absolute atomic E-state index is 6.11. The molecule has 1 aliphatic rings. The molecule has 1 saturated carbocycles. The maximum Gasteiger partial charge on any atom is 0.0664 e. The van der Waals surface area contributed by atoms with Gasteiger partial charge in [0.15, 0.2) is 0 Å². The highest BCUT2D eigenvalue weighted by atomic mass is 16.5. The van der Waals surface area contributed by atoms with E-state index in [9.17, 15) is 0 Å². The Bertz CT molecular complexity index is 177. The summed E-state index contributed by atoms with van der Waals surface area (Å²) >= 11 is 0. The zero-order valence-electron chi connectivity index (χ0n) is 10.0. The lowest BCUT2D eigenvalue weighted by Crippen LogP contribution is -2.62. The van der Waals surface area contributed by atoms with Crippen LogP contribution < -0.4 is 5.73 Å². The molecule has 0 aliphatic heterocycles. The monoisotopic (exact) mass is 199 g/mol. The summed E-state index contributed by atoms with van der Waals surface area (Å²) in [5, 5.41) is 0. The normalized spacial score (nSPS) is 32.4. The van der Waals surface area contributed by atoms with Crippen LogP contribution in [0, 0.1) is 5.41 Å². The first kappa shape index (κ1) is 12.0. The zero-order chi connectivity index (χ0) is 10.8. The van der Waals surface area contributed by atoms with E-state index in [0.29, 0.717) is 18.2 Å². The van der Waals surface area contributed by atoms with Crippen molar-refractivity contribution in [3.63, 3.8) is 0 Å². The number of hydrogen-bond donors (Lipinski definition) is 1. The van der Waals surface area contributed by atoms with E-state index in [0.717, 1.165) is 25.7 Å². The van der Waals surface area contributed by atoms with Crippen molar-refractivity contribution in [1.82, 2.24) is 0 Å². The summed E-state index contributed by atoms with van der Waals surface area (Å²) in [7, 11) is 0. The van der Waals surface area contributed by atoms with Gasteiger partial charge < -0.3 is 10.5 Å². The van der Waals surface area contributed by atoms with E-state index < -0.39 is 0 Å². The Morgan fingerprint density at radius 3 is 2.29 bits per heavy atom. The lowest BCUT2D eigenvalue weighted by Gasteiger charge is -2.54. The second-order valence-corrected chi connectivity index (χ2v) is 4.63. The number of nitrogens with two attached hydrogens (primary N) is 1. The second kappa shape index (κ2) is 4.63. The molecular weight excluding hydrogens is 174 g/mol. The van der Waals surface area contributed by atoms with Crippen LogP contribution in [0.2, 0.25) is 0 Å². The van der Waals surface area contributed by atoms with Crippen molar-refractivity contribution in [1.29, 1.82) is 0 Å². The number of hydrogen-bond acceptors (Lipinski definition) is 2. The van der Waals surface area contributed by atoms with Crippen molar-refractivity contribution in [3.8, 4) is 0 Å². The minimum atomic E-state index is 0.267. The van der Waals surface area contributed by atoms with Crippen molar-refractivity contribution in [2.45, 2.75) is 71.6 Å². The van der Waals surface area contributed by atoms with E-state index in [1.165, 1.54) is 0 Å². The third-order valence-corrected chi connectivity index (χ3v) is 4.14. The first-order chi connectivity index (χ1) is 6.60. The lowest BCUT2D eigenvalue weighted by molar-refractivity contribution is -0.155. The van der Waals surface area contributed by atoms with Gasteiger partial charge in [0.1, 0.15) is 0 Å². The summed E-state index contributed by atoms with van der Waals surface area (Å²) in [6.45, 7) is 8.79. The summed E-state index contributed by atoms with van der Waals surface area (Å²) in [5.74, 6) is 0. The molecule has 0 saturated heterocycles. The smallest absolute Gasteiger partial charge is 0.0664 e. The maximum atomic E-state index is 6.11. The zero-order valence-corrected chi connectivity index (χ0v) is 10.0. The van der Waals surface area contributed by atoms with E-state index in [1.54, 1.807) is 0 Å². The van der Waals surface area contributed by atoms with Gasteiger partial charge in [0, 0.05) is 11.5 Å². The summed E-state index contributed by atoms with van der Waals surface area (Å²) < 4.78 is 6.02. The Kier molecular flexibility index (Phi) is 3.96. The molecule has 2 N–H and O–H groups in total. The molecule has 0 spiro atoms. The van der Waals surface area contributed by atoms with Crippen LogP contribution >= 0.6 is 0 Å². The molecule has 0 aromatic rings. The van der Waals surface area contributed by atoms with Crippen LogP contribution in [0.25, 0.3) is 0 Å². The van der Waals surface area contributed by atoms with Gasteiger partial charge in [-0.2, -0.15) is 0 Å². The second-order valence-electron chi connectivity index (χ2n) is 4.63. The SMILES string of the molecule is CCC(C)OC1CC(N)C1(CC)CC. The first-order valence-electron chi connectivity index (χ1n) is 6.01. The molecule has 84 valence electrons. The molecule has 0 aromatic carbocycles. The minimum absolute atomic E-state index is 0.267. The standard InChI is InChI=1S/C12H25NO/c1-5-9(4)14-11-8-10(13)12(11,6-2)7-3/h9-11H,5-8,13H2,1-4H3. The molecule has 1 fully saturated rings. The molecule has 0 bridgehead atoms. The summed E-state index contributed by atoms with van der Waals surface area (Å²) in [6.07, 6.45) is 5.21. The van der Waals surface area contributed by atoms with Crippen molar-refractivity contribution < 1.29 is 4.74 Å². The Labute approximate surface area is 88.2 Å². The van der Waals surface area contributed by atoms with Crippen LogP contribution in [0.5, 0.6) is 0 Å². The molecule has 14 heavy (non-hydrogen) atoms. The van der Waals surface area contributed by atoms with Crippen LogP contribution in [0.3, 0.4) is 0 Å². The predicted octanol–water partition coefficient (Wildman–Crippen LogP) is 2.71. The van der Waals surface area contributed by atoms with Crippen LogP contribution in [-0.2, 0) is 4.74 Å². The van der Waals surface area contributed by atoms with E-state index in [4.69, 9.17) is 10.5 Å². The van der Waals surface area contributed by atoms with Crippen LogP contribution in [0.4, 0.5) is 0 Å². The number of ether oxygens (including phenoxy) is 1. The quantitative estimate of drug-likeness (QED) is 0.739. The van der Waals surface area contributed by atoms with E-state index in [1.807, 2.05) is 0 Å². The van der Waals surface area contributed by atoms with Crippen LogP contribution in [0.1, 0.15) is 53.4 Å². The summed E-state index contributed by atoms with van der Waals surface area (Å²) in [6, 6.07) is 0.353. The highest BCUT2D eigenvalue weighted by Crippen LogP contribution is 2.48. The van der Waals surface area contributed by atoms with Gasteiger partial charge in [-0.15, -0.1) is 0 Å².